The van der Waals surface area contributed by atoms with Crippen LogP contribution in [0, 0.1) is 6.07 Å². The highest BCUT2D eigenvalue weighted by molar-refractivity contribution is 7.92. The number of benzene rings is 1. The molecule has 1 aromatic rings. The van der Waals surface area contributed by atoms with Crippen LogP contribution < -0.4 is 5.14 Å². The number of hydrogen-bond acceptors (Lipinski definition) is 2. The third-order valence-electron chi connectivity index (χ3n) is 1.18. The Morgan fingerprint density at radius 2 is 2.25 bits per heavy atom. The first kappa shape index (κ1) is 8.96. The third-order valence-corrected chi connectivity index (χ3v) is 1.70. The topological polar surface area (TPSA) is 60.2 Å². The van der Waals surface area contributed by atoms with Crippen LogP contribution in [0.1, 0.15) is 5.56 Å². The fourth-order valence-corrected chi connectivity index (χ4v) is 1.03. The molecule has 0 aliphatic heterocycles. The van der Waals surface area contributed by atoms with Crippen LogP contribution in [-0.4, -0.2) is 8.42 Å². The average Bonchev–Trinajstić information content (AvgIpc) is 2.02. The molecule has 1 aromatic carbocycles. The number of hydrogen-bond donors (Lipinski definition) is 1. The summed E-state index contributed by atoms with van der Waals surface area (Å²) in [4.78, 5) is 0. The van der Waals surface area contributed by atoms with Crippen molar-refractivity contribution in [2.75, 3.05) is 0 Å². The van der Waals surface area contributed by atoms with E-state index in [-0.39, 0.29) is 0 Å². The van der Waals surface area contributed by atoms with Gasteiger partial charge in [0, 0.05) is 5.41 Å². The molecule has 0 saturated heterocycles. The molecule has 4 heteroatoms. The van der Waals surface area contributed by atoms with Crippen molar-refractivity contribution in [3.63, 3.8) is 0 Å². The number of nitrogens with two attached hydrogens (primary N) is 1. The second kappa shape index (κ2) is 3.51. The van der Waals surface area contributed by atoms with E-state index in [9.17, 15) is 8.42 Å². The van der Waals surface area contributed by atoms with Gasteiger partial charge >= 0.3 is 0 Å². The highest BCUT2D eigenvalue weighted by Crippen LogP contribution is 2.00. The van der Waals surface area contributed by atoms with E-state index in [0.29, 0.717) is 0 Å². The molecular weight excluding hydrogens is 174 g/mol. The molecule has 0 heterocycles. The van der Waals surface area contributed by atoms with Crippen molar-refractivity contribution in [2.24, 2.45) is 5.14 Å². The minimum atomic E-state index is -3.52. The lowest BCUT2D eigenvalue weighted by molar-refractivity contribution is 0.606. The van der Waals surface area contributed by atoms with Crippen LogP contribution in [-0.2, 0) is 10.0 Å². The maximum atomic E-state index is 10.5. The first-order chi connectivity index (χ1) is 5.58. The van der Waals surface area contributed by atoms with E-state index >= 15 is 0 Å². The van der Waals surface area contributed by atoms with Crippen LogP contribution in [0.15, 0.2) is 29.7 Å². The minimum absolute atomic E-state index is 0.756. The summed E-state index contributed by atoms with van der Waals surface area (Å²) < 4.78 is 21.0. The lowest BCUT2D eigenvalue weighted by Gasteiger charge is -1.89. The predicted octanol–water partition coefficient (Wildman–Crippen LogP) is 0.746. The van der Waals surface area contributed by atoms with Gasteiger partial charge in [-0.1, -0.05) is 18.2 Å². The van der Waals surface area contributed by atoms with E-state index in [1.807, 2.05) is 0 Å². The molecule has 0 atom stereocenters. The van der Waals surface area contributed by atoms with Crippen molar-refractivity contribution in [2.45, 2.75) is 0 Å². The van der Waals surface area contributed by atoms with Gasteiger partial charge in [-0.15, -0.1) is 0 Å². The highest BCUT2D eigenvalue weighted by atomic mass is 32.2. The molecule has 0 bridgehead atoms. The highest BCUT2D eigenvalue weighted by Gasteiger charge is 1.92. The molecule has 0 fully saturated rings. The van der Waals surface area contributed by atoms with Crippen molar-refractivity contribution >= 4 is 16.1 Å². The van der Waals surface area contributed by atoms with Gasteiger partial charge in [-0.25, -0.2) is 13.6 Å². The van der Waals surface area contributed by atoms with Crippen LogP contribution in [0.2, 0.25) is 0 Å². The molecular formula is C8H8NO2S. The number of rotatable bonds is 2. The fourth-order valence-electron chi connectivity index (χ4n) is 0.684. The quantitative estimate of drug-likeness (QED) is 0.733. The second-order valence-electron chi connectivity index (χ2n) is 2.23. The summed E-state index contributed by atoms with van der Waals surface area (Å²) in [7, 11) is -3.52. The summed E-state index contributed by atoms with van der Waals surface area (Å²) in [6.45, 7) is 0. The van der Waals surface area contributed by atoms with Gasteiger partial charge in [0.05, 0.1) is 0 Å². The summed E-state index contributed by atoms with van der Waals surface area (Å²) >= 11 is 0. The minimum Gasteiger partial charge on any atom is -0.225 e. The van der Waals surface area contributed by atoms with Crippen molar-refractivity contribution in [3.05, 3.63) is 41.3 Å². The molecule has 1 radical (unpaired) electrons. The molecule has 0 spiro atoms. The van der Waals surface area contributed by atoms with Gasteiger partial charge in [-0.05, 0) is 23.8 Å². The lowest BCUT2D eigenvalue weighted by Crippen LogP contribution is -2.06. The van der Waals surface area contributed by atoms with E-state index in [2.05, 4.69) is 6.07 Å². The maximum Gasteiger partial charge on any atom is 0.231 e. The molecule has 0 amide bonds. The Morgan fingerprint density at radius 1 is 1.50 bits per heavy atom. The van der Waals surface area contributed by atoms with E-state index in [1.54, 1.807) is 24.3 Å². The van der Waals surface area contributed by atoms with Gasteiger partial charge in [0.25, 0.3) is 0 Å². The Hall–Kier alpha value is -1.13. The van der Waals surface area contributed by atoms with Gasteiger partial charge in [0.15, 0.2) is 0 Å². The SMILES string of the molecule is NS(=O)(=O)/C=C/c1c[c]ccc1. The number of primary sulfonamides is 1. The van der Waals surface area contributed by atoms with Crippen LogP contribution in [0.25, 0.3) is 6.08 Å². The van der Waals surface area contributed by atoms with Gasteiger partial charge < -0.3 is 0 Å². The Kier molecular flexibility index (Phi) is 2.62. The van der Waals surface area contributed by atoms with Crippen LogP contribution >= 0.6 is 0 Å². The Labute approximate surface area is 71.6 Å². The molecule has 0 aliphatic carbocycles. The molecule has 3 nitrogen and oxygen atoms in total. The zero-order valence-electron chi connectivity index (χ0n) is 6.27. The van der Waals surface area contributed by atoms with Crippen LogP contribution in [0.3, 0.4) is 0 Å². The van der Waals surface area contributed by atoms with Crippen molar-refractivity contribution < 1.29 is 8.42 Å². The molecule has 12 heavy (non-hydrogen) atoms. The predicted molar refractivity (Wildman–Crippen MR) is 47.4 cm³/mol. The number of sulfonamides is 1. The standard InChI is InChI=1S/C8H8NO2S/c9-12(10,11)7-6-8-4-2-1-3-5-8/h1-2,4-7H,(H2,9,10,11)/b7-6+. The first-order valence-corrected chi connectivity index (χ1v) is 4.86. The summed E-state index contributed by atoms with van der Waals surface area (Å²) in [5.74, 6) is 0. The van der Waals surface area contributed by atoms with E-state index in [0.717, 1.165) is 11.0 Å². The zero-order chi connectivity index (χ0) is 9.03. The maximum absolute atomic E-state index is 10.5. The third kappa shape index (κ3) is 3.32. The Balaban J connectivity index is 2.85. The Morgan fingerprint density at radius 3 is 2.75 bits per heavy atom. The molecule has 0 unspecified atom stereocenters. The van der Waals surface area contributed by atoms with Gasteiger partial charge in [0.1, 0.15) is 0 Å². The fraction of sp³-hybridized carbons (Fsp3) is 0. The summed E-state index contributed by atoms with van der Waals surface area (Å²) in [5, 5.41) is 5.71. The molecule has 0 aromatic heterocycles. The molecule has 1 rings (SSSR count). The Bertz CT molecular complexity index is 367. The molecule has 0 saturated carbocycles. The van der Waals surface area contributed by atoms with E-state index in [1.165, 1.54) is 6.08 Å². The van der Waals surface area contributed by atoms with E-state index < -0.39 is 10.0 Å². The summed E-state index contributed by atoms with van der Waals surface area (Å²) in [6, 6.07) is 9.74. The molecule has 2 N–H and O–H groups in total. The monoisotopic (exact) mass is 182 g/mol. The van der Waals surface area contributed by atoms with Gasteiger partial charge in [0.2, 0.25) is 10.0 Å². The normalized spacial score (nSPS) is 12.1. The lowest BCUT2D eigenvalue weighted by atomic mass is 10.2. The molecule has 0 aliphatic rings. The van der Waals surface area contributed by atoms with Crippen LogP contribution in [0.4, 0.5) is 0 Å². The second-order valence-corrected chi connectivity index (χ2v) is 3.68. The molecule has 63 valence electrons. The van der Waals surface area contributed by atoms with Crippen LogP contribution in [0.5, 0.6) is 0 Å². The first-order valence-electron chi connectivity index (χ1n) is 3.25. The van der Waals surface area contributed by atoms with Gasteiger partial charge in [-0.2, -0.15) is 0 Å². The van der Waals surface area contributed by atoms with Crippen molar-refractivity contribution in [1.82, 2.24) is 0 Å². The van der Waals surface area contributed by atoms with Crippen molar-refractivity contribution in [1.29, 1.82) is 0 Å². The van der Waals surface area contributed by atoms with Crippen molar-refractivity contribution in [3.8, 4) is 0 Å². The van der Waals surface area contributed by atoms with Gasteiger partial charge in [-0.3, -0.25) is 0 Å². The largest absolute Gasteiger partial charge is 0.231 e. The summed E-state index contributed by atoms with van der Waals surface area (Å²) in [5.41, 5.74) is 0.756. The summed E-state index contributed by atoms with van der Waals surface area (Å²) in [6.07, 6.45) is 1.42. The average molecular weight is 182 g/mol. The zero-order valence-corrected chi connectivity index (χ0v) is 7.08. The van der Waals surface area contributed by atoms with E-state index in [4.69, 9.17) is 5.14 Å². The smallest absolute Gasteiger partial charge is 0.225 e.